The fourth-order valence-electron chi connectivity index (χ4n) is 2.22. The van der Waals surface area contributed by atoms with Crippen molar-refractivity contribution in [3.05, 3.63) is 54.6 Å². The zero-order valence-corrected chi connectivity index (χ0v) is 12.5. The van der Waals surface area contributed by atoms with Crippen LogP contribution in [0.4, 0.5) is 0 Å². The molecule has 0 aliphatic carbocycles. The second kappa shape index (κ2) is 7.74. The lowest BCUT2D eigenvalue weighted by Crippen LogP contribution is -1.98. The summed E-state index contributed by atoms with van der Waals surface area (Å²) in [7, 11) is 0. The van der Waals surface area contributed by atoms with Crippen molar-refractivity contribution in [1.82, 2.24) is 0 Å². The van der Waals surface area contributed by atoms with Crippen LogP contribution in [0.15, 0.2) is 54.6 Å². The summed E-state index contributed by atoms with van der Waals surface area (Å²) < 4.78 is 5.78. The van der Waals surface area contributed by atoms with Crippen LogP contribution in [0.25, 0.3) is 11.1 Å². The maximum Gasteiger partial charge on any atom is 0.119 e. The van der Waals surface area contributed by atoms with E-state index in [1.165, 1.54) is 24.0 Å². The van der Waals surface area contributed by atoms with Crippen molar-refractivity contribution in [2.45, 2.75) is 33.1 Å². The zero-order valence-electron chi connectivity index (χ0n) is 12.5. The Morgan fingerprint density at radius 2 is 1.45 bits per heavy atom. The van der Waals surface area contributed by atoms with Crippen LogP contribution in [0.1, 0.15) is 33.1 Å². The number of hydrogen-bond donors (Lipinski definition) is 0. The van der Waals surface area contributed by atoms with E-state index in [0.717, 1.165) is 24.7 Å². The molecule has 2 aromatic carbocycles. The summed E-state index contributed by atoms with van der Waals surface area (Å²) in [6, 6.07) is 18.8. The highest BCUT2D eigenvalue weighted by Gasteiger charge is 1.99. The number of benzene rings is 2. The van der Waals surface area contributed by atoms with Gasteiger partial charge in [-0.1, -0.05) is 62.7 Å². The number of rotatable bonds is 7. The summed E-state index contributed by atoms with van der Waals surface area (Å²) in [6.45, 7) is 5.35. The Bertz CT molecular complexity index is 485. The molecule has 0 spiro atoms. The van der Waals surface area contributed by atoms with E-state index < -0.39 is 0 Å². The molecule has 0 bridgehead atoms. The predicted octanol–water partition coefficient (Wildman–Crippen LogP) is 5.56. The molecule has 0 radical (unpaired) electrons. The Labute approximate surface area is 122 Å². The van der Waals surface area contributed by atoms with Crippen LogP contribution >= 0.6 is 0 Å². The number of unbranched alkanes of at least 4 members (excludes halogenated alkanes) is 1. The molecule has 1 nitrogen and oxygen atoms in total. The third kappa shape index (κ3) is 4.73. The van der Waals surface area contributed by atoms with Crippen molar-refractivity contribution in [1.29, 1.82) is 0 Å². The molecule has 0 N–H and O–H groups in total. The minimum absolute atomic E-state index is 0.792. The molecule has 2 aromatic rings. The predicted molar refractivity (Wildman–Crippen MR) is 86.1 cm³/mol. The largest absolute Gasteiger partial charge is 0.494 e. The van der Waals surface area contributed by atoms with E-state index in [0.29, 0.717) is 0 Å². The molecule has 0 saturated heterocycles. The van der Waals surface area contributed by atoms with E-state index >= 15 is 0 Å². The van der Waals surface area contributed by atoms with Crippen molar-refractivity contribution in [3.63, 3.8) is 0 Å². The Hall–Kier alpha value is -1.76. The fraction of sp³-hybridized carbons (Fsp3) is 0.368. The first-order chi connectivity index (χ1) is 9.75. The molecule has 0 aliphatic heterocycles. The van der Waals surface area contributed by atoms with Crippen molar-refractivity contribution in [2.24, 2.45) is 5.92 Å². The average molecular weight is 268 g/mol. The molecule has 106 valence electrons. The molecule has 1 heteroatoms. The summed E-state index contributed by atoms with van der Waals surface area (Å²) in [6.07, 6.45) is 3.68. The Kier molecular flexibility index (Phi) is 5.67. The van der Waals surface area contributed by atoms with Crippen LogP contribution in [-0.2, 0) is 0 Å². The molecular formula is C19H24O. The van der Waals surface area contributed by atoms with E-state index in [2.05, 4.69) is 62.4 Å². The standard InChI is InChI=1S/C19H24O/c1-16(2)8-6-7-15-20-19-13-11-18(12-14-19)17-9-4-3-5-10-17/h3-5,9-14,16H,6-8,15H2,1-2H3. The summed E-state index contributed by atoms with van der Waals surface area (Å²) in [5, 5.41) is 0. The van der Waals surface area contributed by atoms with Crippen molar-refractivity contribution >= 4 is 0 Å². The average Bonchev–Trinajstić information content (AvgIpc) is 2.48. The van der Waals surface area contributed by atoms with Crippen LogP contribution in [-0.4, -0.2) is 6.61 Å². The van der Waals surface area contributed by atoms with Crippen LogP contribution in [0, 0.1) is 5.92 Å². The molecule has 0 heterocycles. The van der Waals surface area contributed by atoms with Crippen LogP contribution in [0.2, 0.25) is 0 Å². The number of ether oxygens (including phenoxy) is 1. The monoisotopic (exact) mass is 268 g/mol. The minimum atomic E-state index is 0.792. The van der Waals surface area contributed by atoms with Gasteiger partial charge in [0.1, 0.15) is 5.75 Å². The second-order valence-corrected chi connectivity index (χ2v) is 5.63. The lowest BCUT2D eigenvalue weighted by Gasteiger charge is -2.08. The highest BCUT2D eigenvalue weighted by Crippen LogP contribution is 2.22. The number of hydrogen-bond acceptors (Lipinski definition) is 1. The summed E-state index contributed by atoms with van der Waals surface area (Å²) >= 11 is 0. The van der Waals surface area contributed by atoms with E-state index in [1.807, 2.05) is 6.07 Å². The van der Waals surface area contributed by atoms with Gasteiger partial charge in [0.25, 0.3) is 0 Å². The maximum absolute atomic E-state index is 5.78. The Morgan fingerprint density at radius 3 is 2.10 bits per heavy atom. The van der Waals surface area contributed by atoms with Crippen molar-refractivity contribution in [3.8, 4) is 16.9 Å². The molecule has 0 fully saturated rings. The normalized spacial score (nSPS) is 10.8. The van der Waals surface area contributed by atoms with Gasteiger partial charge in [0.05, 0.1) is 6.61 Å². The van der Waals surface area contributed by atoms with Gasteiger partial charge in [-0.15, -0.1) is 0 Å². The van der Waals surface area contributed by atoms with E-state index in [4.69, 9.17) is 4.74 Å². The van der Waals surface area contributed by atoms with Gasteiger partial charge in [0.2, 0.25) is 0 Å². The summed E-state index contributed by atoms with van der Waals surface area (Å²) in [4.78, 5) is 0. The van der Waals surface area contributed by atoms with Crippen LogP contribution in [0.5, 0.6) is 5.75 Å². The first-order valence-electron chi connectivity index (χ1n) is 7.54. The minimum Gasteiger partial charge on any atom is -0.494 e. The maximum atomic E-state index is 5.78. The van der Waals surface area contributed by atoms with Gasteiger partial charge in [0.15, 0.2) is 0 Å². The quantitative estimate of drug-likeness (QED) is 0.597. The first-order valence-corrected chi connectivity index (χ1v) is 7.54. The first kappa shape index (κ1) is 14.6. The van der Waals surface area contributed by atoms with E-state index in [-0.39, 0.29) is 0 Å². The van der Waals surface area contributed by atoms with Gasteiger partial charge >= 0.3 is 0 Å². The fourth-order valence-corrected chi connectivity index (χ4v) is 2.22. The SMILES string of the molecule is CC(C)CCCCOc1ccc(-c2ccccc2)cc1. The van der Waals surface area contributed by atoms with E-state index in [9.17, 15) is 0 Å². The van der Waals surface area contributed by atoms with Crippen LogP contribution < -0.4 is 4.74 Å². The third-order valence-electron chi connectivity index (χ3n) is 3.41. The zero-order chi connectivity index (χ0) is 14.2. The third-order valence-corrected chi connectivity index (χ3v) is 3.41. The smallest absolute Gasteiger partial charge is 0.119 e. The van der Waals surface area contributed by atoms with Crippen LogP contribution in [0.3, 0.4) is 0 Å². The van der Waals surface area contributed by atoms with Gasteiger partial charge < -0.3 is 4.74 Å². The summed E-state index contributed by atoms with van der Waals surface area (Å²) in [5.74, 6) is 1.76. The Morgan fingerprint density at radius 1 is 0.800 bits per heavy atom. The molecule has 0 amide bonds. The highest BCUT2D eigenvalue weighted by atomic mass is 16.5. The van der Waals surface area contributed by atoms with E-state index in [1.54, 1.807) is 0 Å². The van der Waals surface area contributed by atoms with Gasteiger partial charge in [0, 0.05) is 0 Å². The molecule has 0 aliphatic rings. The van der Waals surface area contributed by atoms with Gasteiger partial charge in [-0.25, -0.2) is 0 Å². The van der Waals surface area contributed by atoms with Gasteiger partial charge in [-0.2, -0.15) is 0 Å². The second-order valence-electron chi connectivity index (χ2n) is 5.63. The summed E-state index contributed by atoms with van der Waals surface area (Å²) in [5.41, 5.74) is 2.48. The van der Waals surface area contributed by atoms with Crippen molar-refractivity contribution in [2.75, 3.05) is 6.61 Å². The van der Waals surface area contributed by atoms with Gasteiger partial charge in [-0.3, -0.25) is 0 Å². The highest BCUT2D eigenvalue weighted by molar-refractivity contribution is 5.63. The molecule has 20 heavy (non-hydrogen) atoms. The lowest BCUT2D eigenvalue weighted by atomic mass is 10.1. The topological polar surface area (TPSA) is 9.23 Å². The molecule has 0 saturated carbocycles. The van der Waals surface area contributed by atoms with Gasteiger partial charge in [-0.05, 0) is 42.0 Å². The molecule has 0 aromatic heterocycles. The molecule has 0 atom stereocenters. The Balaban J connectivity index is 1.80. The van der Waals surface area contributed by atoms with Crippen molar-refractivity contribution < 1.29 is 4.74 Å². The molecule has 2 rings (SSSR count). The molecule has 0 unspecified atom stereocenters. The molecular weight excluding hydrogens is 244 g/mol. The lowest BCUT2D eigenvalue weighted by molar-refractivity contribution is 0.301.